The highest BCUT2D eigenvalue weighted by molar-refractivity contribution is 6.76. The summed E-state index contributed by atoms with van der Waals surface area (Å²) >= 11 is 17.3. The number of ether oxygens (including phenoxy) is 5. The lowest BCUT2D eigenvalue weighted by Crippen LogP contribution is -2.60. The Morgan fingerprint density at radius 3 is 2.12 bits per heavy atom. The summed E-state index contributed by atoms with van der Waals surface area (Å²) in [4.78, 5) is 38.2. The number of hydrogen-bond acceptors (Lipinski definition) is 9. The summed E-state index contributed by atoms with van der Waals surface area (Å²) in [5.41, 5.74) is 0. The van der Waals surface area contributed by atoms with Gasteiger partial charge in [-0.05, 0) is 0 Å². The summed E-state index contributed by atoms with van der Waals surface area (Å²) in [6, 6.07) is -0.942. The minimum Gasteiger partial charge on any atom is -0.463 e. The van der Waals surface area contributed by atoms with Crippen LogP contribution in [0.3, 0.4) is 0 Å². The van der Waals surface area contributed by atoms with Gasteiger partial charge in [-0.25, -0.2) is 4.99 Å². The van der Waals surface area contributed by atoms with Gasteiger partial charge in [0.25, 0.3) is 3.79 Å². The Morgan fingerprint density at radius 2 is 1.62 bits per heavy atom. The van der Waals surface area contributed by atoms with E-state index in [-0.39, 0.29) is 12.5 Å². The van der Waals surface area contributed by atoms with Gasteiger partial charge < -0.3 is 23.7 Å². The third kappa shape index (κ3) is 5.12. The Hall–Kier alpha value is -1.29. The van der Waals surface area contributed by atoms with Crippen LogP contribution in [-0.4, -0.2) is 64.8 Å². The number of esters is 3. The molecule has 0 spiro atoms. The molecule has 0 aromatic heterocycles. The Labute approximate surface area is 163 Å². The van der Waals surface area contributed by atoms with Crippen LogP contribution >= 0.6 is 34.8 Å². The zero-order chi connectivity index (χ0) is 19.6. The molecule has 2 rings (SSSR count). The first kappa shape index (κ1) is 21.0. The molecule has 2 aliphatic heterocycles. The summed E-state index contributed by atoms with van der Waals surface area (Å²) in [6.07, 6.45) is -4.28. The van der Waals surface area contributed by atoms with Gasteiger partial charge in [0.15, 0.2) is 18.2 Å². The van der Waals surface area contributed by atoms with Crippen molar-refractivity contribution >= 4 is 58.6 Å². The summed E-state index contributed by atoms with van der Waals surface area (Å²) in [7, 11) is 0. The molecule has 0 bridgehead atoms. The molecule has 0 aromatic carbocycles. The number of alkyl halides is 3. The average molecular weight is 433 g/mol. The molecular formula is C14H16Cl3NO8. The second kappa shape index (κ2) is 8.16. The normalized spacial score (nSPS) is 30.5. The molecule has 12 heteroatoms. The van der Waals surface area contributed by atoms with Gasteiger partial charge in [-0.2, -0.15) is 0 Å². The number of fused-ring (bicyclic) bond motifs is 1. The number of carbonyl (C=O) groups is 3. The maximum Gasteiger partial charge on any atom is 0.303 e. The van der Waals surface area contributed by atoms with E-state index in [2.05, 4.69) is 4.99 Å². The molecule has 0 N–H and O–H groups in total. The van der Waals surface area contributed by atoms with Crippen LogP contribution in [0.25, 0.3) is 0 Å². The van der Waals surface area contributed by atoms with E-state index in [1.165, 1.54) is 20.8 Å². The van der Waals surface area contributed by atoms with Gasteiger partial charge in [-0.15, -0.1) is 0 Å². The van der Waals surface area contributed by atoms with Crippen molar-refractivity contribution in [3.8, 4) is 0 Å². The van der Waals surface area contributed by atoms with E-state index in [1.807, 2.05) is 0 Å². The number of carbonyl (C=O) groups excluding carboxylic acids is 3. The van der Waals surface area contributed by atoms with Crippen molar-refractivity contribution in [3.05, 3.63) is 0 Å². The van der Waals surface area contributed by atoms with Gasteiger partial charge in [-0.3, -0.25) is 14.4 Å². The molecule has 5 unspecified atom stereocenters. The largest absolute Gasteiger partial charge is 0.463 e. The Bertz CT molecular complexity index is 620. The van der Waals surface area contributed by atoms with Crippen molar-refractivity contribution in [2.75, 3.05) is 6.61 Å². The fourth-order valence-electron chi connectivity index (χ4n) is 2.54. The first-order valence-electron chi connectivity index (χ1n) is 7.44. The highest BCUT2D eigenvalue weighted by atomic mass is 35.6. The smallest absolute Gasteiger partial charge is 0.303 e. The molecule has 146 valence electrons. The predicted molar refractivity (Wildman–Crippen MR) is 89.0 cm³/mol. The molecular weight excluding hydrogens is 417 g/mol. The molecule has 0 radical (unpaired) electrons. The Balaban J connectivity index is 2.34. The first-order valence-corrected chi connectivity index (χ1v) is 8.57. The summed E-state index contributed by atoms with van der Waals surface area (Å²) < 4.78 is 24.5. The molecule has 0 aromatic rings. The second-order valence-electron chi connectivity index (χ2n) is 5.53. The van der Waals surface area contributed by atoms with Crippen LogP contribution in [0.15, 0.2) is 4.99 Å². The number of rotatable bonds is 4. The standard InChI is InChI=1S/C14H16Cl3NO8/c1-5(19)22-4-8-10(23-6(2)20)11(24-7(3)21)9-12(25-8)26-13(18-9)14(15,16)17/h8-12H,4H2,1-3H3. The van der Waals surface area contributed by atoms with Gasteiger partial charge in [0, 0.05) is 20.8 Å². The van der Waals surface area contributed by atoms with E-state index in [9.17, 15) is 14.4 Å². The van der Waals surface area contributed by atoms with E-state index in [0.29, 0.717) is 0 Å². The molecule has 0 aliphatic carbocycles. The third-order valence-corrected chi connectivity index (χ3v) is 3.89. The Kier molecular flexibility index (Phi) is 6.60. The summed E-state index contributed by atoms with van der Waals surface area (Å²) in [6.45, 7) is 3.26. The molecule has 1 fully saturated rings. The van der Waals surface area contributed by atoms with Crippen LogP contribution in [0.4, 0.5) is 0 Å². The lowest BCUT2D eigenvalue weighted by atomic mass is 9.97. The van der Waals surface area contributed by atoms with E-state index in [4.69, 9.17) is 58.5 Å². The van der Waals surface area contributed by atoms with Gasteiger partial charge in [0.1, 0.15) is 12.7 Å². The Morgan fingerprint density at radius 1 is 1.04 bits per heavy atom. The molecule has 26 heavy (non-hydrogen) atoms. The molecule has 2 aliphatic rings. The van der Waals surface area contributed by atoms with Crippen LogP contribution in [0.5, 0.6) is 0 Å². The van der Waals surface area contributed by atoms with E-state index >= 15 is 0 Å². The lowest BCUT2D eigenvalue weighted by molar-refractivity contribution is -0.249. The number of halogens is 3. The molecule has 0 amide bonds. The van der Waals surface area contributed by atoms with Gasteiger partial charge in [0.2, 0.25) is 12.2 Å². The van der Waals surface area contributed by atoms with Gasteiger partial charge in [0.05, 0.1) is 0 Å². The fourth-order valence-corrected chi connectivity index (χ4v) is 2.82. The molecule has 2 heterocycles. The van der Waals surface area contributed by atoms with E-state index < -0.39 is 52.3 Å². The SMILES string of the molecule is CC(=O)OCC1OC2OC(C(Cl)(Cl)Cl)=NC2C(OC(C)=O)C1OC(C)=O. The van der Waals surface area contributed by atoms with Crippen molar-refractivity contribution in [3.63, 3.8) is 0 Å². The second-order valence-corrected chi connectivity index (χ2v) is 7.82. The van der Waals surface area contributed by atoms with Crippen LogP contribution in [0.2, 0.25) is 0 Å². The minimum atomic E-state index is -1.97. The van der Waals surface area contributed by atoms with Crippen LogP contribution in [-0.2, 0) is 38.1 Å². The van der Waals surface area contributed by atoms with Crippen molar-refractivity contribution in [2.24, 2.45) is 4.99 Å². The van der Waals surface area contributed by atoms with Crippen molar-refractivity contribution in [2.45, 2.75) is 55.2 Å². The zero-order valence-corrected chi connectivity index (χ0v) is 16.2. The molecule has 9 nitrogen and oxygen atoms in total. The van der Waals surface area contributed by atoms with Crippen LogP contribution in [0.1, 0.15) is 20.8 Å². The topological polar surface area (TPSA) is 110 Å². The quantitative estimate of drug-likeness (QED) is 0.371. The van der Waals surface area contributed by atoms with Gasteiger partial charge >= 0.3 is 17.9 Å². The summed E-state index contributed by atoms with van der Waals surface area (Å²) in [5, 5.41) is 0. The van der Waals surface area contributed by atoms with Crippen LogP contribution < -0.4 is 0 Å². The van der Waals surface area contributed by atoms with Gasteiger partial charge in [-0.1, -0.05) is 34.8 Å². The first-order chi connectivity index (χ1) is 12.0. The lowest BCUT2D eigenvalue weighted by Gasteiger charge is -2.40. The van der Waals surface area contributed by atoms with Crippen LogP contribution in [0, 0.1) is 0 Å². The average Bonchev–Trinajstić information content (AvgIpc) is 2.90. The predicted octanol–water partition coefficient (Wildman–Crippen LogP) is 1.31. The third-order valence-electron chi connectivity index (χ3n) is 3.41. The zero-order valence-electron chi connectivity index (χ0n) is 13.9. The highest BCUT2D eigenvalue weighted by Gasteiger charge is 2.56. The number of nitrogens with zero attached hydrogens (tertiary/aromatic N) is 1. The van der Waals surface area contributed by atoms with Crippen molar-refractivity contribution in [1.29, 1.82) is 0 Å². The highest BCUT2D eigenvalue weighted by Crippen LogP contribution is 2.38. The maximum atomic E-state index is 11.5. The molecule has 0 saturated carbocycles. The number of aliphatic imine (C=N–C) groups is 1. The minimum absolute atomic E-state index is 0.260. The molecule has 1 saturated heterocycles. The van der Waals surface area contributed by atoms with E-state index in [1.54, 1.807) is 0 Å². The fraction of sp³-hybridized carbons (Fsp3) is 0.714. The number of hydrogen-bond donors (Lipinski definition) is 0. The van der Waals surface area contributed by atoms with Crippen molar-refractivity contribution < 1.29 is 38.1 Å². The van der Waals surface area contributed by atoms with E-state index in [0.717, 1.165) is 0 Å². The monoisotopic (exact) mass is 431 g/mol. The maximum absolute atomic E-state index is 11.5. The summed E-state index contributed by atoms with van der Waals surface area (Å²) in [5.74, 6) is -2.15. The molecule has 5 atom stereocenters. The van der Waals surface area contributed by atoms with Crippen molar-refractivity contribution in [1.82, 2.24) is 0 Å².